The fraction of sp³-hybridized carbons (Fsp3) is 0.200. The van der Waals surface area contributed by atoms with Crippen LogP contribution in [0.25, 0.3) is 16.8 Å². The van der Waals surface area contributed by atoms with Gasteiger partial charge in [0.25, 0.3) is 0 Å². The smallest absolute Gasteiger partial charge is 0.169 e. The molecule has 0 amide bonds. The van der Waals surface area contributed by atoms with E-state index >= 15 is 0 Å². The number of anilines is 1. The molecule has 0 spiro atoms. The molecule has 38 heavy (non-hydrogen) atoms. The SMILES string of the molecule is COc1ccccc1NC(=S)c1c(-c2ccc(Cl)cc2)c2c3n(c(COc4ccccc4)nn13)CCCC2. The highest BCUT2D eigenvalue weighted by Crippen LogP contribution is 2.38. The lowest BCUT2D eigenvalue weighted by atomic mass is 9.98. The molecule has 1 aliphatic heterocycles. The van der Waals surface area contributed by atoms with Crippen LogP contribution in [0.2, 0.25) is 5.02 Å². The lowest BCUT2D eigenvalue weighted by molar-refractivity contribution is 0.288. The number of hydrogen-bond acceptors (Lipinski definition) is 4. The van der Waals surface area contributed by atoms with Gasteiger partial charge in [-0.25, -0.2) is 4.52 Å². The first-order valence-corrected chi connectivity index (χ1v) is 13.4. The molecule has 3 heterocycles. The lowest BCUT2D eigenvalue weighted by Gasteiger charge is -2.14. The number of rotatable bonds is 7. The molecule has 0 atom stereocenters. The van der Waals surface area contributed by atoms with E-state index in [1.54, 1.807) is 7.11 Å². The van der Waals surface area contributed by atoms with E-state index in [-0.39, 0.29) is 0 Å². The zero-order valence-corrected chi connectivity index (χ0v) is 22.6. The van der Waals surface area contributed by atoms with E-state index in [0.717, 1.165) is 71.3 Å². The van der Waals surface area contributed by atoms with Crippen molar-refractivity contribution in [3.63, 3.8) is 0 Å². The molecule has 3 aromatic carbocycles. The van der Waals surface area contributed by atoms with Crippen molar-refractivity contribution in [2.45, 2.75) is 32.4 Å². The number of methoxy groups -OCH3 is 1. The van der Waals surface area contributed by atoms with Gasteiger partial charge in [0.2, 0.25) is 0 Å². The van der Waals surface area contributed by atoms with Gasteiger partial charge in [-0.3, -0.25) is 0 Å². The summed E-state index contributed by atoms with van der Waals surface area (Å²) in [5, 5.41) is 9.21. The summed E-state index contributed by atoms with van der Waals surface area (Å²) in [6.07, 6.45) is 3.08. The maximum atomic E-state index is 6.25. The molecule has 0 aliphatic carbocycles. The standard InChI is InChI=1S/C30H27ClN4O2S/c1-36-25-13-6-5-12-24(25)32-29(38)28-27(20-14-16-21(31)17-15-20)23-11-7-8-18-34-26(33-35(28)30(23)34)19-37-22-9-3-2-4-10-22/h2-6,9-10,12-17H,7-8,11,18-19H2,1H3,(H,32,38). The minimum atomic E-state index is 0.369. The first-order chi connectivity index (χ1) is 18.6. The predicted octanol–water partition coefficient (Wildman–Crippen LogP) is 7.17. The van der Waals surface area contributed by atoms with Crippen LogP contribution in [0.3, 0.4) is 0 Å². The van der Waals surface area contributed by atoms with Crippen molar-refractivity contribution in [2.75, 3.05) is 12.4 Å². The summed E-state index contributed by atoms with van der Waals surface area (Å²) >= 11 is 12.3. The number of halogens is 1. The van der Waals surface area contributed by atoms with E-state index in [4.69, 9.17) is 38.4 Å². The quantitative estimate of drug-likeness (QED) is 0.221. The second-order valence-electron chi connectivity index (χ2n) is 9.23. The minimum Gasteiger partial charge on any atom is -0.495 e. The Labute approximate surface area is 231 Å². The van der Waals surface area contributed by atoms with Gasteiger partial charge in [-0.15, -0.1) is 5.10 Å². The normalized spacial score (nSPS) is 12.8. The van der Waals surface area contributed by atoms with Gasteiger partial charge in [0.1, 0.15) is 34.4 Å². The zero-order valence-electron chi connectivity index (χ0n) is 21.0. The van der Waals surface area contributed by atoms with Gasteiger partial charge in [-0.1, -0.05) is 66.3 Å². The van der Waals surface area contributed by atoms with Crippen LogP contribution in [0.15, 0.2) is 78.9 Å². The van der Waals surface area contributed by atoms with E-state index in [0.29, 0.717) is 16.6 Å². The van der Waals surface area contributed by atoms with Crippen LogP contribution in [0.5, 0.6) is 11.5 Å². The Hall–Kier alpha value is -3.81. The number of nitrogens with zero attached hydrogens (tertiary/aromatic N) is 3. The summed E-state index contributed by atoms with van der Waals surface area (Å²) in [4.78, 5) is 0.571. The van der Waals surface area contributed by atoms with E-state index in [1.807, 2.05) is 71.2 Å². The first kappa shape index (κ1) is 24.5. The van der Waals surface area contributed by atoms with Gasteiger partial charge in [-0.2, -0.15) is 0 Å². The van der Waals surface area contributed by atoms with Crippen molar-refractivity contribution < 1.29 is 9.47 Å². The molecule has 5 aromatic rings. The molecule has 0 saturated heterocycles. The summed E-state index contributed by atoms with van der Waals surface area (Å²) in [5.74, 6) is 2.41. The van der Waals surface area contributed by atoms with E-state index in [2.05, 4.69) is 22.0 Å². The summed E-state index contributed by atoms with van der Waals surface area (Å²) in [5.41, 5.74) is 6.10. The maximum Gasteiger partial charge on any atom is 0.169 e. The molecule has 0 saturated carbocycles. The highest BCUT2D eigenvalue weighted by Gasteiger charge is 2.29. The summed E-state index contributed by atoms with van der Waals surface area (Å²) in [6, 6.07) is 25.5. The number of thiocarbonyl (C=S) groups is 1. The maximum absolute atomic E-state index is 6.25. The van der Waals surface area contributed by atoms with Gasteiger partial charge in [-0.05, 0) is 61.2 Å². The Kier molecular flexibility index (Phi) is 6.79. The average molecular weight is 543 g/mol. The highest BCUT2D eigenvalue weighted by molar-refractivity contribution is 7.81. The van der Waals surface area contributed by atoms with Gasteiger partial charge in [0.05, 0.1) is 12.8 Å². The molecule has 0 unspecified atom stereocenters. The van der Waals surface area contributed by atoms with E-state index < -0.39 is 0 Å². The summed E-state index contributed by atoms with van der Waals surface area (Å²) < 4.78 is 16.0. The van der Waals surface area contributed by atoms with Crippen molar-refractivity contribution in [1.29, 1.82) is 0 Å². The number of nitrogens with one attached hydrogen (secondary N) is 1. The molecule has 6 nitrogen and oxygen atoms in total. The minimum absolute atomic E-state index is 0.369. The van der Waals surface area contributed by atoms with Crippen LogP contribution < -0.4 is 14.8 Å². The molecule has 1 N–H and O–H groups in total. The number of para-hydroxylation sites is 3. The van der Waals surface area contributed by atoms with E-state index in [9.17, 15) is 0 Å². The van der Waals surface area contributed by atoms with Crippen LogP contribution in [0.1, 0.15) is 29.9 Å². The Morgan fingerprint density at radius 2 is 1.76 bits per heavy atom. The Morgan fingerprint density at radius 3 is 2.55 bits per heavy atom. The molecule has 1 aliphatic rings. The fourth-order valence-corrected chi connectivity index (χ4v) is 5.57. The molecular formula is C30H27ClN4O2S. The number of aromatic nitrogens is 3. The molecule has 6 rings (SSSR count). The van der Waals surface area contributed by atoms with Crippen LogP contribution in [-0.4, -0.2) is 26.3 Å². The molecular weight excluding hydrogens is 516 g/mol. The third-order valence-electron chi connectivity index (χ3n) is 6.88. The largest absolute Gasteiger partial charge is 0.495 e. The number of aryl methyl sites for hydroxylation is 2. The monoisotopic (exact) mass is 542 g/mol. The molecule has 0 bridgehead atoms. The topological polar surface area (TPSA) is 52.7 Å². The van der Waals surface area contributed by atoms with Crippen LogP contribution in [0, 0.1) is 0 Å². The van der Waals surface area contributed by atoms with Crippen molar-refractivity contribution in [3.05, 3.63) is 101 Å². The molecule has 2 aromatic heterocycles. The van der Waals surface area contributed by atoms with Gasteiger partial charge in [0.15, 0.2) is 5.82 Å². The zero-order chi connectivity index (χ0) is 26.1. The Morgan fingerprint density at radius 1 is 1.00 bits per heavy atom. The van der Waals surface area contributed by atoms with Gasteiger partial charge < -0.3 is 19.4 Å². The molecule has 0 fully saturated rings. The molecule has 0 radical (unpaired) electrons. The van der Waals surface area contributed by atoms with Crippen molar-refractivity contribution in [1.82, 2.24) is 14.2 Å². The first-order valence-electron chi connectivity index (χ1n) is 12.6. The fourth-order valence-electron chi connectivity index (χ4n) is 5.14. The van der Waals surface area contributed by atoms with Crippen LogP contribution in [-0.2, 0) is 19.6 Å². The summed E-state index contributed by atoms with van der Waals surface area (Å²) in [6.45, 7) is 1.24. The van der Waals surface area contributed by atoms with Crippen molar-refractivity contribution >= 4 is 40.1 Å². The highest BCUT2D eigenvalue weighted by atomic mass is 35.5. The third-order valence-corrected chi connectivity index (χ3v) is 7.42. The van der Waals surface area contributed by atoms with Crippen LogP contribution >= 0.6 is 23.8 Å². The van der Waals surface area contributed by atoms with Crippen molar-refractivity contribution in [2.24, 2.45) is 0 Å². The van der Waals surface area contributed by atoms with Crippen molar-refractivity contribution in [3.8, 4) is 22.6 Å². The van der Waals surface area contributed by atoms with E-state index in [1.165, 1.54) is 5.56 Å². The number of ether oxygens (including phenoxy) is 2. The lowest BCUT2D eigenvalue weighted by Crippen LogP contribution is -2.15. The number of hydrogen-bond donors (Lipinski definition) is 1. The molecule has 192 valence electrons. The predicted molar refractivity (Wildman–Crippen MR) is 156 cm³/mol. The van der Waals surface area contributed by atoms with Gasteiger partial charge in [0, 0.05) is 22.7 Å². The second-order valence-corrected chi connectivity index (χ2v) is 10.1. The third kappa shape index (κ3) is 4.52. The number of benzene rings is 3. The second kappa shape index (κ2) is 10.5. The summed E-state index contributed by atoms with van der Waals surface area (Å²) in [7, 11) is 1.66. The Balaban J connectivity index is 1.51. The average Bonchev–Trinajstić information content (AvgIpc) is 3.35. The Bertz CT molecular complexity index is 1610. The van der Waals surface area contributed by atoms with Crippen LogP contribution in [0.4, 0.5) is 5.69 Å². The van der Waals surface area contributed by atoms with Gasteiger partial charge >= 0.3 is 0 Å². The molecule has 8 heteroatoms.